The lowest BCUT2D eigenvalue weighted by atomic mass is 9.97. The third kappa shape index (κ3) is 5.07. The highest BCUT2D eigenvalue weighted by molar-refractivity contribution is 5.94. The minimum atomic E-state index is 0.0782. The van der Waals surface area contributed by atoms with E-state index < -0.39 is 0 Å². The number of carbonyl (C=O) groups is 1. The maximum absolute atomic E-state index is 13.5. The van der Waals surface area contributed by atoms with E-state index in [0.29, 0.717) is 44.1 Å². The summed E-state index contributed by atoms with van der Waals surface area (Å²) in [5.74, 6) is 0.0782. The molecule has 1 amide bonds. The number of aromatic nitrogens is 2. The van der Waals surface area contributed by atoms with Gasteiger partial charge in [0.15, 0.2) is 5.69 Å². The normalized spacial score (nSPS) is 20.6. The van der Waals surface area contributed by atoms with Crippen LogP contribution in [0.5, 0.6) is 0 Å². The van der Waals surface area contributed by atoms with E-state index in [0.717, 1.165) is 32.5 Å². The van der Waals surface area contributed by atoms with Crippen LogP contribution in [0.4, 0.5) is 0 Å². The zero-order valence-electron chi connectivity index (χ0n) is 20.8. The van der Waals surface area contributed by atoms with Gasteiger partial charge in [0.1, 0.15) is 0 Å². The highest BCUT2D eigenvalue weighted by Gasteiger charge is 2.34. The molecule has 2 fully saturated rings. The maximum atomic E-state index is 13.5. The molecule has 3 aliphatic heterocycles. The van der Waals surface area contributed by atoms with Crippen LogP contribution in [0, 0.1) is 0 Å². The zero-order valence-corrected chi connectivity index (χ0v) is 20.8. The van der Waals surface area contributed by atoms with Crippen molar-refractivity contribution in [3.8, 4) is 0 Å². The molecule has 0 bridgehead atoms. The van der Waals surface area contributed by atoms with E-state index in [1.165, 1.54) is 42.8 Å². The molecule has 1 aromatic carbocycles. The number of benzene rings is 1. The predicted octanol–water partition coefficient (Wildman–Crippen LogP) is 2.83. The number of rotatable bonds is 6. The molecule has 0 atom stereocenters. The highest BCUT2D eigenvalue weighted by atomic mass is 16.5. The number of likely N-dealkylation sites (tertiary alicyclic amines) is 1. The van der Waals surface area contributed by atoms with E-state index in [4.69, 9.17) is 9.84 Å². The lowest BCUT2D eigenvalue weighted by Gasteiger charge is -2.41. The fourth-order valence-corrected chi connectivity index (χ4v) is 5.74. The first kappa shape index (κ1) is 23.5. The number of piperidine rings is 1. The molecule has 0 spiro atoms. The van der Waals surface area contributed by atoms with Crippen LogP contribution in [0.2, 0.25) is 0 Å². The zero-order chi connectivity index (χ0) is 23.5. The van der Waals surface area contributed by atoms with Crippen molar-refractivity contribution in [3.63, 3.8) is 0 Å². The quantitative estimate of drug-likeness (QED) is 0.657. The summed E-state index contributed by atoms with van der Waals surface area (Å²) in [5.41, 5.74) is 4.42. The molecule has 7 heteroatoms. The lowest BCUT2D eigenvalue weighted by Crippen LogP contribution is -2.48. The number of fused-ring (bicyclic) bond motifs is 1. The van der Waals surface area contributed by atoms with Gasteiger partial charge in [-0.25, -0.2) is 0 Å². The van der Waals surface area contributed by atoms with Gasteiger partial charge >= 0.3 is 0 Å². The SMILES string of the molecule is CC(C)N1CCC(N2CCc3c(c(C(=O)N4CCOCC4)nn3CCc3ccccc3)C2)CC1. The van der Waals surface area contributed by atoms with Crippen molar-refractivity contribution in [2.75, 3.05) is 45.9 Å². The molecule has 0 N–H and O–H groups in total. The minimum absolute atomic E-state index is 0.0782. The van der Waals surface area contributed by atoms with Crippen molar-refractivity contribution in [3.05, 3.63) is 52.8 Å². The van der Waals surface area contributed by atoms with Crippen LogP contribution in [0.1, 0.15) is 54.0 Å². The maximum Gasteiger partial charge on any atom is 0.274 e. The van der Waals surface area contributed by atoms with Gasteiger partial charge in [0, 0.05) is 62.5 Å². The van der Waals surface area contributed by atoms with Gasteiger partial charge in [-0.2, -0.15) is 5.10 Å². The molecule has 0 radical (unpaired) electrons. The number of hydrogen-bond donors (Lipinski definition) is 0. The van der Waals surface area contributed by atoms with E-state index in [1.807, 2.05) is 4.90 Å². The molecule has 0 aliphatic carbocycles. The van der Waals surface area contributed by atoms with E-state index in [-0.39, 0.29) is 5.91 Å². The van der Waals surface area contributed by atoms with E-state index in [9.17, 15) is 4.79 Å². The molecule has 0 saturated carbocycles. The predicted molar refractivity (Wildman–Crippen MR) is 133 cm³/mol. The van der Waals surface area contributed by atoms with Gasteiger partial charge in [-0.3, -0.25) is 14.4 Å². The van der Waals surface area contributed by atoms with Gasteiger partial charge in [0.25, 0.3) is 5.91 Å². The molecule has 3 aliphatic rings. The Morgan fingerprint density at radius 2 is 1.79 bits per heavy atom. The fourth-order valence-electron chi connectivity index (χ4n) is 5.74. The molecule has 5 rings (SSSR count). The molecule has 4 heterocycles. The number of amides is 1. The standard InChI is InChI=1S/C27H39N5O2/c1-21(2)29-12-9-23(10-13-29)31-14-11-25-24(20-31)26(27(33)30-16-18-34-19-17-30)28-32(25)15-8-22-6-4-3-5-7-22/h3-7,21,23H,8-20H2,1-2H3. The lowest BCUT2D eigenvalue weighted by molar-refractivity contribution is 0.0296. The number of aryl methyl sites for hydroxylation is 2. The Hall–Kier alpha value is -2.22. The summed E-state index contributed by atoms with van der Waals surface area (Å²) in [6.45, 7) is 12.2. The summed E-state index contributed by atoms with van der Waals surface area (Å²) >= 11 is 0. The molecule has 2 aromatic rings. The highest BCUT2D eigenvalue weighted by Crippen LogP contribution is 2.29. The minimum Gasteiger partial charge on any atom is -0.378 e. The van der Waals surface area contributed by atoms with Crippen molar-refractivity contribution < 1.29 is 9.53 Å². The van der Waals surface area contributed by atoms with Crippen LogP contribution < -0.4 is 0 Å². The Labute approximate surface area is 203 Å². The Morgan fingerprint density at radius 1 is 1.06 bits per heavy atom. The second-order valence-corrected chi connectivity index (χ2v) is 10.2. The van der Waals surface area contributed by atoms with Crippen LogP contribution >= 0.6 is 0 Å². The van der Waals surface area contributed by atoms with Crippen molar-refractivity contribution in [1.29, 1.82) is 0 Å². The molecule has 184 valence electrons. The molecule has 2 saturated heterocycles. The first-order chi connectivity index (χ1) is 16.6. The molecule has 34 heavy (non-hydrogen) atoms. The Balaban J connectivity index is 1.36. The third-order valence-corrected chi connectivity index (χ3v) is 7.87. The van der Waals surface area contributed by atoms with Crippen molar-refractivity contribution in [2.45, 2.75) is 64.7 Å². The van der Waals surface area contributed by atoms with Crippen molar-refractivity contribution in [2.24, 2.45) is 0 Å². The number of morpholine rings is 1. The number of hydrogen-bond acceptors (Lipinski definition) is 5. The number of ether oxygens (including phenoxy) is 1. The molecule has 7 nitrogen and oxygen atoms in total. The van der Waals surface area contributed by atoms with Gasteiger partial charge < -0.3 is 14.5 Å². The molecular formula is C27H39N5O2. The summed E-state index contributed by atoms with van der Waals surface area (Å²) in [6, 6.07) is 11.8. The first-order valence-electron chi connectivity index (χ1n) is 13.1. The largest absolute Gasteiger partial charge is 0.378 e. The van der Waals surface area contributed by atoms with Crippen LogP contribution in [0.25, 0.3) is 0 Å². The van der Waals surface area contributed by atoms with E-state index in [1.54, 1.807) is 0 Å². The summed E-state index contributed by atoms with van der Waals surface area (Å²) in [7, 11) is 0. The summed E-state index contributed by atoms with van der Waals surface area (Å²) < 4.78 is 7.61. The van der Waals surface area contributed by atoms with Gasteiger partial charge in [-0.1, -0.05) is 30.3 Å². The fraction of sp³-hybridized carbons (Fsp3) is 0.630. The van der Waals surface area contributed by atoms with Gasteiger partial charge in [-0.05, 0) is 51.8 Å². The molecule has 0 unspecified atom stereocenters. The monoisotopic (exact) mass is 465 g/mol. The summed E-state index contributed by atoms with van der Waals surface area (Å²) in [4.78, 5) is 20.7. The smallest absolute Gasteiger partial charge is 0.274 e. The molecule has 1 aromatic heterocycles. The average Bonchev–Trinajstić information content (AvgIpc) is 3.26. The first-order valence-corrected chi connectivity index (χ1v) is 13.1. The topological polar surface area (TPSA) is 53.8 Å². The van der Waals surface area contributed by atoms with Crippen LogP contribution in [-0.4, -0.2) is 88.4 Å². The van der Waals surface area contributed by atoms with Crippen molar-refractivity contribution >= 4 is 5.91 Å². The summed E-state index contributed by atoms with van der Waals surface area (Å²) in [5, 5.41) is 4.95. The van der Waals surface area contributed by atoms with Crippen LogP contribution in [0.15, 0.2) is 30.3 Å². The second-order valence-electron chi connectivity index (χ2n) is 10.2. The number of carbonyl (C=O) groups excluding carboxylic acids is 1. The van der Waals surface area contributed by atoms with Crippen LogP contribution in [-0.2, 0) is 30.7 Å². The van der Waals surface area contributed by atoms with Crippen molar-refractivity contribution in [1.82, 2.24) is 24.5 Å². The Morgan fingerprint density at radius 3 is 2.50 bits per heavy atom. The van der Waals surface area contributed by atoms with E-state index in [2.05, 4.69) is 58.7 Å². The molecular weight excluding hydrogens is 426 g/mol. The Kier molecular flexibility index (Phi) is 7.32. The third-order valence-electron chi connectivity index (χ3n) is 7.87. The number of nitrogens with zero attached hydrogens (tertiary/aromatic N) is 5. The van der Waals surface area contributed by atoms with Gasteiger partial charge in [0.2, 0.25) is 0 Å². The average molecular weight is 466 g/mol. The van der Waals surface area contributed by atoms with Gasteiger partial charge in [0.05, 0.1) is 13.2 Å². The van der Waals surface area contributed by atoms with E-state index >= 15 is 0 Å². The summed E-state index contributed by atoms with van der Waals surface area (Å²) in [6.07, 6.45) is 4.32. The second kappa shape index (κ2) is 10.6. The Bertz CT molecular complexity index is 959. The van der Waals surface area contributed by atoms with Crippen LogP contribution in [0.3, 0.4) is 0 Å². The van der Waals surface area contributed by atoms with Gasteiger partial charge in [-0.15, -0.1) is 0 Å².